The van der Waals surface area contributed by atoms with Crippen LogP contribution in [0.5, 0.6) is 0 Å². The van der Waals surface area contributed by atoms with Crippen LogP contribution in [0.25, 0.3) is 0 Å². The molecule has 0 spiro atoms. The third-order valence-electron chi connectivity index (χ3n) is 4.94. The lowest BCUT2D eigenvalue weighted by atomic mass is 10.2. The van der Waals surface area contributed by atoms with E-state index >= 15 is 0 Å². The first-order valence-corrected chi connectivity index (χ1v) is 10.5. The number of hydrazine groups is 1. The lowest BCUT2D eigenvalue weighted by Gasteiger charge is -2.37. The number of hydrogen-bond donors (Lipinski definition) is 3. The van der Waals surface area contributed by atoms with E-state index in [9.17, 15) is 14.4 Å². The fourth-order valence-electron chi connectivity index (χ4n) is 3.07. The number of hydrogen-bond acceptors (Lipinski definition) is 7. The molecule has 3 N–H and O–H groups in total. The van der Waals surface area contributed by atoms with E-state index in [1.165, 1.54) is 11.3 Å². The Morgan fingerprint density at radius 2 is 1.86 bits per heavy atom. The molecular formula is C18H28N6O3S. The highest BCUT2D eigenvalue weighted by molar-refractivity contribution is 7.09. The molecule has 1 aliphatic carbocycles. The molecule has 154 valence electrons. The first-order valence-electron chi connectivity index (χ1n) is 9.66. The summed E-state index contributed by atoms with van der Waals surface area (Å²) in [6.45, 7) is 6.92. The molecule has 0 bridgehead atoms. The van der Waals surface area contributed by atoms with Crippen LogP contribution in [0.1, 0.15) is 30.5 Å². The number of aromatic nitrogens is 1. The number of nitrogens with one attached hydrogen (secondary N) is 3. The van der Waals surface area contributed by atoms with E-state index in [0.29, 0.717) is 19.1 Å². The number of aryl methyl sites for hydroxylation is 1. The molecule has 1 saturated heterocycles. The van der Waals surface area contributed by atoms with Crippen molar-refractivity contribution in [3.05, 3.63) is 16.1 Å². The van der Waals surface area contributed by atoms with Gasteiger partial charge in [-0.05, 0) is 26.7 Å². The standard InChI is InChI=1S/C18H28N6O3S/c1-12-11-28-17(19-12)9-15(25)21-22-16(26)10-23-5-7-24(8-6-23)13(2)18(27)20-14-3-4-14/h11,13-14H,3-10H2,1-2H3,(H,20,27)(H,21,25)(H,22,26). The van der Waals surface area contributed by atoms with Crippen LogP contribution in [0.3, 0.4) is 0 Å². The molecule has 0 aromatic carbocycles. The summed E-state index contributed by atoms with van der Waals surface area (Å²) < 4.78 is 0. The van der Waals surface area contributed by atoms with Gasteiger partial charge in [-0.2, -0.15) is 0 Å². The fraction of sp³-hybridized carbons (Fsp3) is 0.667. The van der Waals surface area contributed by atoms with Gasteiger partial charge >= 0.3 is 0 Å². The smallest absolute Gasteiger partial charge is 0.252 e. The van der Waals surface area contributed by atoms with E-state index in [2.05, 4.69) is 26.1 Å². The molecule has 1 unspecified atom stereocenters. The molecule has 3 rings (SSSR count). The third kappa shape index (κ3) is 6.25. The van der Waals surface area contributed by atoms with Crippen molar-refractivity contribution in [2.75, 3.05) is 32.7 Å². The highest BCUT2D eigenvalue weighted by Gasteiger charge is 2.30. The monoisotopic (exact) mass is 408 g/mol. The Morgan fingerprint density at radius 1 is 1.18 bits per heavy atom. The van der Waals surface area contributed by atoms with Crippen molar-refractivity contribution in [3.63, 3.8) is 0 Å². The zero-order valence-corrected chi connectivity index (χ0v) is 17.2. The second-order valence-corrected chi connectivity index (χ2v) is 8.37. The molecule has 28 heavy (non-hydrogen) atoms. The molecule has 1 aliphatic heterocycles. The van der Waals surface area contributed by atoms with Crippen molar-refractivity contribution in [2.45, 2.75) is 45.2 Å². The fourth-order valence-corrected chi connectivity index (χ4v) is 3.84. The minimum Gasteiger partial charge on any atom is -0.352 e. The lowest BCUT2D eigenvalue weighted by Crippen LogP contribution is -2.56. The van der Waals surface area contributed by atoms with Gasteiger partial charge in [0.1, 0.15) is 5.01 Å². The van der Waals surface area contributed by atoms with E-state index in [1.807, 2.05) is 24.1 Å². The van der Waals surface area contributed by atoms with Crippen LogP contribution in [0.4, 0.5) is 0 Å². The molecule has 9 nitrogen and oxygen atoms in total. The highest BCUT2D eigenvalue weighted by atomic mass is 32.1. The summed E-state index contributed by atoms with van der Waals surface area (Å²) in [4.78, 5) is 44.5. The molecule has 2 aliphatic rings. The van der Waals surface area contributed by atoms with E-state index in [0.717, 1.165) is 36.6 Å². The molecule has 2 fully saturated rings. The molecule has 0 radical (unpaired) electrons. The van der Waals surface area contributed by atoms with Crippen molar-refractivity contribution < 1.29 is 14.4 Å². The van der Waals surface area contributed by atoms with Crippen LogP contribution in [0.15, 0.2) is 5.38 Å². The van der Waals surface area contributed by atoms with Crippen LogP contribution < -0.4 is 16.2 Å². The molecule has 1 aromatic heterocycles. The highest BCUT2D eigenvalue weighted by Crippen LogP contribution is 2.19. The van der Waals surface area contributed by atoms with Crippen molar-refractivity contribution in [3.8, 4) is 0 Å². The number of rotatable bonds is 7. The lowest BCUT2D eigenvalue weighted by molar-refractivity contribution is -0.130. The van der Waals surface area contributed by atoms with Gasteiger partial charge in [0.25, 0.3) is 5.91 Å². The summed E-state index contributed by atoms with van der Waals surface area (Å²) in [5, 5.41) is 5.65. The molecule has 1 saturated carbocycles. The van der Waals surface area contributed by atoms with Gasteiger partial charge in [0.15, 0.2) is 0 Å². The SMILES string of the molecule is Cc1csc(CC(=O)NNC(=O)CN2CCN(C(C)C(=O)NC3CC3)CC2)n1. The number of carbonyl (C=O) groups is 3. The Balaban J connectivity index is 1.32. The normalized spacial score (nSPS) is 19.1. The maximum atomic E-state index is 12.2. The summed E-state index contributed by atoms with van der Waals surface area (Å²) >= 11 is 1.43. The van der Waals surface area contributed by atoms with Gasteiger partial charge in [0, 0.05) is 43.3 Å². The Hall–Kier alpha value is -2.04. The zero-order valence-electron chi connectivity index (χ0n) is 16.4. The predicted molar refractivity (Wildman–Crippen MR) is 105 cm³/mol. The Labute approximate surface area is 168 Å². The van der Waals surface area contributed by atoms with Gasteiger partial charge < -0.3 is 5.32 Å². The first kappa shape index (κ1) is 20.7. The summed E-state index contributed by atoms with van der Waals surface area (Å²) in [5.41, 5.74) is 5.78. The van der Waals surface area contributed by atoms with Crippen LogP contribution >= 0.6 is 11.3 Å². The van der Waals surface area contributed by atoms with Gasteiger partial charge in [-0.15, -0.1) is 11.3 Å². The molecule has 3 amide bonds. The summed E-state index contributed by atoms with van der Waals surface area (Å²) in [6.07, 6.45) is 2.32. The minimum absolute atomic E-state index is 0.0897. The van der Waals surface area contributed by atoms with Gasteiger partial charge in [-0.25, -0.2) is 4.98 Å². The van der Waals surface area contributed by atoms with Gasteiger partial charge in [0.05, 0.1) is 19.0 Å². The molecular weight excluding hydrogens is 380 g/mol. The van der Waals surface area contributed by atoms with Gasteiger partial charge in [-0.3, -0.25) is 35.0 Å². The maximum Gasteiger partial charge on any atom is 0.252 e. The zero-order chi connectivity index (χ0) is 20.1. The minimum atomic E-state index is -0.289. The summed E-state index contributed by atoms with van der Waals surface area (Å²) in [6, 6.07) is 0.222. The molecule has 1 atom stereocenters. The quantitative estimate of drug-likeness (QED) is 0.522. The van der Waals surface area contributed by atoms with Crippen molar-refractivity contribution in [1.82, 2.24) is 31.0 Å². The second kappa shape index (κ2) is 9.44. The molecule has 1 aromatic rings. The number of amides is 3. The van der Waals surface area contributed by atoms with Crippen molar-refractivity contribution in [2.24, 2.45) is 0 Å². The van der Waals surface area contributed by atoms with E-state index < -0.39 is 0 Å². The van der Waals surface area contributed by atoms with Gasteiger partial charge in [0.2, 0.25) is 11.8 Å². The number of piperazine rings is 1. The number of carbonyl (C=O) groups excluding carboxylic acids is 3. The van der Waals surface area contributed by atoms with Crippen molar-refractivity contribution >= 4 is 29.1 Å². The average Bonchev–Trinajstić information content (AvgIpc) is 3.39. The van der Waals surface area contributed by atoms with E-state index in [-0.39, 0.29) is 36.7 Å². The van der Waals surface area contributed by atoms with Crippen molar-refractivity contribution in [1.29, 1.82) is 0 Å². The summed E-state index contributed by atoms with van der Waals surface area (Å²) in [7, 11) is 0. The van der Waals surface area contributed by atoms with Gasteiger partial charge in [-0.1, -0.05) is 0 Å². The first-order chi connectivity index (χ1) is 13.4. The van der Waals surface area contributed by atoms with Crippen LogP contribution in [-0.2, 0) is 20.8 Å². The van der Waals surface area contributed by atoms with Crippen LogP contribution in [0, 0.1) is 6.92 Å². The number of nitrogens with zero attached hydrogens (tertiary/aromatic N) is 3. The van der Waals surface area contributed by atoms with E-state index in [1.54, 1.807) is 0 Å². The molecule has 10 heteroatoms. The van der Waals surface area contributed by atoms with Crippen LogP contribution in [0.2, 0.25) is 0 Å². The Morgan fingerprint density at radius 3 is 2.46 bits per heavy atom. The van der Waals surface area contributed by atoms with E-state index in [4.69, 9.17) is 0 Å². The predicted octanol–water partition coefficient (Wildman–Crippen LogP) is -0.574. The average molecular weight is 409 g/mol. The number of thiazole rings is 1. The molecule has 2 heterocycles. The third-order valence-corrected chi connectivity index (χ3v) is 5.91. The Bertz CT molecular complexity index is 712. The van der Waals surface area contributed by atoms with Crippen LogP contribution in [-0.4, -0.2) is 77.3 Å². The summed E-state index contributed by atoms with van der Waals surface area (Å²) in [5.74, 6) is -0.452. The maximum absolute atomic E-state index is 12.2. The second-order valence-electron chi connectivity index (χ2n) is 7.43. The Kier molecular flexibility index (Phi) is 6.97. The topological polar surface area (TPSA) is 107 Å². The largest absolute Gasteiger partial charge is 0.352 e.